The lowest BCUT2D eigenvalue weighted by atomic mass is 9.53. The Kier molecular flexibility index (Phi) is 3.12. The van der Waals surface area contributed by atoms with Gasteiger partial charge in [0.1, 0.15) is 0 Å². The maximum absolute atomic E-state index is 4.30. The molecule has 0 saturated heterocycles. The number of rotatable bonds is 4. The number of aromatic amines is 1. The molecule has 0 spiro atoms. The number of nitrogens with zero attached hydrogens (tertiary/aromatic N) is 1. The van der Waals surface area contributed by atoms with Crippen LogP contribution in [0.25, 0.3) is 11.3 Å². The first-order chi connectivity index (χ1) is 11.3. The van der Waals surface area contributed by atoms with Crippen LogP contribution in [0.5, 0.6) is 0 Å². The average molecular weight is 307 g/mol. The first-order valence-electron chi connectivity index (χ1n) is 9.12. The minimum Gasteiger partial charge on any atom is -0.307 e. The number of hydrogen-bond donors (Lipinski definition) is 2. The Balaban J connectivity index is 1.35. The molecular weight excluding hydrogens is 282 g/mol. The number of benzene rings is 1. The molecule has 23 heavy (non-hydrogen) atoms. The predicted molar refractivity (Wildman–Crippen MR) is 91.8 cm³/mol. The predicted octanol–water partition coefficient (Wildman–Crippen LogP) is 4.14. The van der Waals surface area contributed by atoms with E-state index in [1.807, 2.05) is 6.20 Å². The fraction of sp³-hybridized carbons (Fsp3) is 0.550. The number of nitrogens with one attached hydrogen (secondary N) is 2. The maximum Gasteiger partial charge on any atom is 0.0695 e. The first kappa shape index (κ1) is 13.8. The van der Waals surface area contributed by atoms with Crippen molar-refractivity contribution in [3.8, 4) is 11.3 Å². The molecule has 1 heterocycles. The highest BCUT2D eigenvalue weighted by atomic mass is 15.1. The third kappa shape index (κ3) is 2.42. The van der Waals surface area contributed by atoms with E-state index in [2.05, 4.69) is 45.8 Å². The second-order valence-corrected chi connectivity index (χ2v) is 8.19. The molecule has 3 heteroatoms. The van der Waals surface area contributed by atoms with Crippen molar-refractivity contribution in [1.29, 1.82) is 0 Å². The third-order valence-corrected chi connectivity index (χ3v) is 6.47. The zero-order chi connectivity index (χ0) is 15.3. The SMILES string of the molecule is c1ccc(-c2[nH]ncc2CNC23CC4CC(CC(C4)C2)C3)cc1. The van der Waals surface area contributed by atoms with Crippen LogP contribution < -0.4 is 5.32 Å². The normalized spacial score (nSPS) is 34.9. The van der Waals surface area contributed by atoms with Gasteiger partial charge in [-0.15, -0.1) is 0 Å². The molecule has 0 atom stereocenters. The summed E-state index contributed by atoms with van der Waals surface area (Å²) in [7, 11) is 0. The van der Waals surface area contributed by atoms with Crippen molar-refractivity contribution in [2.75, 3.05) is 0 Å². The van der Waals surface area contributed by atoms with E-state index >= 15 is 0 Å². The van der Waals surface area contributed by atoms with Crippen molar-refractivity contribution in [3.63, 3.8) is 0 Å². The zero-order valence-corrected chi connectivity index (χ0v) is 13.6. The van der Waals surface area contributed by atoms with Gasteiger partial charge >= 0.3 is 0 Å². The van der Waals surface area contributed by atoms with Gasteiger partial charge < -0.3 is 5.32 Å². The van der Waals surface area contributed by atoms with Gasteiger partial charge in [-0.3, -0.25) is 5.10 Å². The Morgan fingerprint density at radius 3 is 2.30 bits per heavy atom. The topological polar surface area (TPSA) is 40.7 Å². The Morgan fingerprint density at radius 1 is 1.00 bits per heavy atom. The fourth-order valence-corrected chi connectivity index (χ4v) is 5.91. The smallest absolute Gasteiger partial charge is 0.0695 e. The Morgan fingerprint density at radius 2 is 1.65 bits per heavy atom. The summed E-state index contributed by atoms with van der Waals surface area (Å²) in [5.74, 6) is 2.98. The van der Waals surface area contributed by atoms with Gasteiger partial charge in [-0.25, -0.2) is 0 Å². The molecule has 4 fully saturated rings. The Labute approximate surface area is 137 Å². The number of aromatic nitrogens is 2. The lowest BCUT2D eigenvalue weighted by Gasteiger charge is -2.57. The fourth-order valence-electron chi connectivity index (χ4n) is 5.91. The van der Waals surface area contributed by atoms with Gasteiger partial charge in [-0.05, 0) is 61.8 Å². The summed E-state index contributed by atoms with van der Waals surface area (Å²) < 4.78 is 0. The molecule has 1 aromatic heterocycles. The summed E-state index contributed by atoms with van der Waals surface area (Å²) in [6.07, 6.45) is 10.7. The van der Waals surface area contributed by atoms with E-state index in [0.717, 1.165) is 24.3 Å². The van der Waals surface area contributed by atoms with Crippen molar-refractivity contribution >= 4 is 0 Å². The van der Waals surface area contributed by atoms with Crippen molar-refractivity contribution in [2.45, 2.75) is 50.6 Å². The highest BCUT2D eigenvalue weighted by molar-refractivity contribution is 5.62. The van der Waals surface area contributed by atoms with Crippen LogP contribution in [0, 0.1) is 17.8 Å². The van der Waals surface area contributed by atoms with E-state index in [1.54, 1.807) is 0 Å². The highest BCUT2D eigenvalue weighted by Crippen LogP contribution is 2.55. The average Bonchev–Trinajstić information content (AvgIpc) is 3.01. The molecule has 4 aliphatic carbocycles. The summed E-state index contributed by atoms with van der Waals surface area (Å²) in [5, 5.41) is 11.5. The van der Waals surface area contributed by atoms with Gasteiger partial charge in [0, 0.05) is 17.6 Å². The molecule has 0 amide bonds. The molecule has 3 nitrogen and oxygen atoms in total. The van der Waals surface area contributed by atoms with Crippen LogP contribution in [0.3, 0.4) is 0 Å². The summed E-state index contributed by atoms with van der Waals surface area (Å²) in [6, 6.07) is 10.6. The molecule has 120 valence electrons. The number of hydrogen-bond acceptors (Lipinski definition) is 2. The summed E-state index contributed by atoms with van der Waals surface area (Å²) in [5.41, 5.74) is 4.11. The Hall–Kier alpha value is -1.61. The van der Waals surface area contributed by atoms with Crippen LogP contribution in [-0.2, 0) is 6.54 Å². The zero-order valence-electron chi connectivity index (χ0n) is 13.6. The largest absolute Gasteiger partial charge is 0.307 e. The van der Waals surface area contributed by atoms with Crippen molar-refractivity contribution in [2.24, 2.45) is 17.8 Å². The standard InChI is InChI=1S/C20H25N3/c1-2-4-17(5-3-1)19-18(13-22-23-19)12-21-20-9-14-6-15(10-20)8-16(7-14)11-20/h1-5,13-16,21H,6-12H2,(H,22,23). The minimum atomic E-state index is 0.417. The summed E-state index contributed by atoms with van der Waals surface area (Å²) in [6.45, 7) is 0.937. The van der Waals surface area contributed by atoms with Crippen LogP contribution in [-0.4, -0.2) is 15.7 Å². The minimum absolute atomic E-state index is 0.417. The summed E-state index contributed by atoms with van der Waals surface area (Å²) >= 11 is 0. The third-order valence-electron chi connectivity index (χ3n) is 6.47. The van der Waals surface area contributed by atoms with E-state index in [4.69, 9.17) is 0 Å². The molecule has 4 bridgehead atoms. The van der Waals surface area contributed by atoms with Gasteiger partial charge in [-0.1, -0.05) is 30.3 Å². The van der Waals surface area contributed by atoms with Crippen molar-refractivity contribution in [3.05, 3.63) is 42.1 Å². The molecule has 2 aromatic rings. The molecule has 2 N–H and O–H groups in total. The van der Waals surface area contributed by atoms with Crippen molar-refractivity contribution < 1.29 is 0 Å². The van der Waals surface area contributed by atoms with Gasteiger partial charge in [-0.2, -0.15) is 5.10 Å². The molecular formula is C20H25N3. The van der Waals surface area contributed by atoms with E-state index in [9.17, 15) is 0 Å². The molecule has 0 unspecified atom stereocenters. The first-order valence-corrected chi connectivity index (χ1v) is 9.12. The second-order valence-electron chi connectivity index (χ2n) is 8.19. The van der Waals surface area contributed by atoms with Crippen LogP contribution in [0.1, 0.15) is 44.1 Å². The molecule has 1 aromatic carbocycles. The van der Waals surface area contributed by atoms with Crippen molar-refractivity contribution in [1.82, 2.24) is 15.5 Å². The van der Waals surface area contributed by atoms with Gasteiger partial charge in [0.25, 0.3) is 0 Å². The quantitative estimate of drug-likeness (QED) is 0.891. The van der Waals surface area contributed by atoms with E-state index in [1.165, 1.54) is 55.3 Å². The van der Waals surface area contributed by atoms with Crippen LogP contribution >= 0.6 is 0 Å². The molecule has 6 rings (SSSR count). The van der Waals surface area contributed by atoms with E-state index in [0.29, 0.717) is 5.54 Å². The number of H-pyrrole nitrogens is 1. The highest BCUT2D eigenvalue weighted by Gasteiger charge is 2.50. The van der Waals surface area contributed by atoms with Crippen LogP contribution in [0.2, 0.25) is 0 Å². The molecule has 0 aliphatic heterocycles. The molecule has 0 radical (unpaired) electrons. The van der Waals surface area contributed by atoms with Crippen LogP contribution in [0.4, 0.5) is 0 Å². The molecule has 4 saturated carbocycles. The van der Waals surface area contributed by atoms with E-state index in [-0.39, 0.29) is 0 Å². The Bertz CT molecular complexity index is 653. The lowest BCUT2D eigenvalue weighted by Crippen LogP contribution is -2.58. The van der Waals surface area contributed by atoms with Gasteiger partial charge in [0.05, 0.1) is 11.9 Å². The van der Waals surface area contributed by atoms with Gasteiger partial charge in [0.2, 0.25) is 0 Å². The lowest BCUT2D eigenvalue weighted by molar-refractivity contribution is -0.0205. The maximum atomic E-state index is 4.30. The molecule has 4 aliphatic rings. The second kappa shape index (κ2) is 5.20. The van der Waals surface area contributed by atoms with Gasteiger partial charge in [0.15, 0.2) is 0 Å². The monoisotopic (exact) mass is 307 g/mol. The summed E-state index contributed by atoms with van der Waals surface area (Å²) in [4.78, 5) is 0. The van der Waals surface area contributed by atoms with E-state index < -0.39 is 0 Å². The van der Waals surface area contributed by atoms with Crippen LogP contribution in [0.15, 0.2) is 36.5 Å².